The minimum Gasteiger partial charge on any atom is -0.386 e. The van der Waals surface area contributed by atoms with Gasteiger partial charge in [-0.05, 0) is 31.9 Å². The molecule has 2 amide bonds. The molecule has 1 aromatic rings. The van der Waals surface area contributed by atoms with Gasteiger partial charge in [0, 0.05) is 31.2 Å². The van der Waals surface area contributed by atoms with Crippen molar-refractivity contribution in [3.8, 4) is 0 Å². The maximum Gasteiger partial charge on any atom is 0.315 e. The molecule has 3 N–H and O–H groups in total. The van der Waals surface area contributed by atoms with E-state index >= 15 is 0 Å². The lowest BCUT2D eigenvalue weighted by Gasteiger charge is -2.32. The van der Waals surface area contributed by atoms with Crippen molar-refractivity contribution in [1.29, 1.82) is 0 Å². The topological polar surface area (TPSA) is 64.6 Å². The zero-order valence-corrected chi connectivity index (χ0v) is 13.6. The van der Waals surface area contributed by atoms with Gasteiger partial charge in [0.2, 0.25) is 0 Å². The number of amides is 2. The SMILES string of the molecule is CCCN1CCC(NC(=O)NCC(O)c2ccccc2F)CC1. The summed E-state index contributed by atoms with van der Waals surface area (Å²) in [4.78, 5) is 14.3. The van der Waals surface area contributed by atoms with Crippen molar-refractivity contribution in [3.05, 3.63) is 35.6 Å². The average Bonchev–Trinajstić information content (AvgIpc) is 2.55. The third-order valence-electron chi connectivity index (χ3n) is 4.18. The molecule has 1 heterocycles. The normalized spacial score (nSPS) is 17.7. The Morgan fingerprint density at radius 2 is 2.09 bits per heavy atom. The fraction of sp³-hybridized carbons (Fsp3) is 0.588. The van der Waals surface area contributed by atoms with Crippen molar-refractivity contribution in [2.75, 3.05) is 26.2 Å². The van der Waals surface area contributed by atoms with Crippen LogP contribution in [-0.2, 0) is 0 Å². The van der Waals surface area contributed by atoms with Gasteiger partial charge < -0.3 is 20.6 Å². The first kappa shape index (κ1) is 17.7. The molecule has 1 aliphatic heterocycles. The first-order chi connectivity index (χ1) is 11.1. The lowest BCUT2D eigenvalue weighted by atomic mass is 10.1. The quantitative estimate of drug-likeness (QED) is 0.750. The van der Waals surface area contributed by atoms with Crippen LogP contribution in [0.25, 0.3) is 0 Å². The van der Waals surface area contributed by atoms with E-state index in [0.717, 1.165) is 38.9 Å². The van der Waals surface area contributed by atoms with E-state index in [1.54, 1.807) is 12.1 Å². The first-order valence-corrected chi connectivity index (χ1v) is 8.29. The van der Waals surface area contributed by atoms with E-state index in [1.807, 2.05) is 0 Å². The van der Waals surface area contributed by atoms with Gasteiger partial charge in [-0.15, -0.1) is 0 Å². The lowest BCUT2D eigenvalue weighted by molar-refractivity contribution is 0.165. The second-order valence-electron chi connectivity index (χ2n) is 6.01. The summed E-state index contributed by atoms with van der Waals surface area (Å²) >= 11 is 0. The maximum atomic E-state index is 13.5. The molecule has 0 saturated carbocycles. The Kier molecular flexibility index (Phi) is 6.80. The molecule has 1 unspecified atom stereocenters. The number of rotatable bonds is 6. The summed E-state index contributed by atoms with van der Waals surface area (Å²) in [6.07, 6.45) is 1.97. The Bertz CT molecular complexity index is 504. The third-order valence-corrected chi connectivity index (χ3v) is 4.18. The summed E-state index contributed by atoms with van der Waals surface area (Å²) in [7, 11) is 0. The third kappa shape index (κ3) is 5.48. The molecule has 1 atom stereocenters. The summed E-state index contributed by atoms with van der Waals surface area (Å²) in [5.74, 6) is -0.467. The monoisotopic (exact) mass is 323 g/mol. The Labute approximate surface area is 136 Å². The summed E-state index contributed by atoms with van der Waals surface area (Å²) in [5.41, 5.74) is 0.195. The zero-order chi connectivity index (χ0) is 16.7. The van der Waals surface area contributed by atoms with Crippen molar-refractivity contribution in [2.24, 2.45) is 0 Å². The number of urea groups is 1. The molecule has 0 radical (unpaired) electrons. The van der Waals surface area contributed by atoms with E-state index < -0.39 is 11.9 Å². The molecule has 1 fully saturated rings. The number of benzene rings is 1. The molecule has 0 aromatic heterocycles. The summed E-state index contributed by atoms with van der Waals surface area (Å²) in [5, 5.41) is 15.5. The maximum absolute atomic E-state index is 13.5. The number of likely N-dealkylation sites (tertiary alicyclic amines) is 1. The number of hydrogen-bond acceptors (Lipinski definition) is 3. The van der Waals surface area contributed by atoms with Gasteiger partial charge in [0.15, 0.2) is 0 Å². The number of carbonyl (C=O) groups excluding carboxylic acids is 1. The summed E-state index contributed by atoms with van der Waals surface area (Å²) < 4.78 is 13.5. The van der Waals surface area contributed by atoms with Crippen molar-refractivity contribution >= 4 is 6.03 Å². The Morgan fingerprint density at radius 1 is 1.39 bits per heavy atom. The highest BCUT2D eigenvalue weighted by Crippen LogP contribution is 2.15. The van der Waals surface area contributed by atoms with Crippen LogP contribution in [0.1, 0.15) is 37.9 Å². The van der Waals surface area contributed by atoms with Gasteiger partial charge in [-0.1, -0.05) is 25.1 Å². The molecule has 2 rings (SSSR count). The van der Waals surface area contributed by atoms with E-state index in [4.69, 9.17) is 0 Å². The second kappa shape index (κ2) is 8.84. The van der Waals surface area contributed by atoms with Crippen LogP contribution in [-0.4, -0.2) is 48.3 Å². The van der Waals surface area contributed by atoms with Crippen molar-refractivity contribution in [1.82, 2.24) is 15.5 Å². The number of nitrogens with one attached hydrogen (secondary N) is 2. The van der Waals surface area contributed by atoms with E-state index in [-0.39, 0.29) is 24.2 Å². The molecule has 5 nitrogen and oxygen atoms in total. The Balaban J connectivity index is 1.70. The van der Waals surface area contributed by atoms with Gasteiger partial charge in [-0.2, -0.15) is 0 Å². The summed E-state index contributed by atoms with van der Waals surface area (Å²) in [6, 6.07) is 5.89. The van der Waals surface area contributed by atoms with Crippen LogP contribution in [0.4, 0.5) is 9.18 Å². The van der Waals surface area contributed by atoms with Gasteiger partial charge in [-0.25, -0.2) is 9.18 Å². The van der Waals surface area contributed by atoms with Crippen LogP contribution in [0.2, 0.25) is 0 Å². The predicted octanol–water partition coefficient (Wildman–Crippen LogP) is 2.03. The van der Waals surface area contributed by atoms with Gasteiger partial charge in [0.25, 0.3) is 0 Å². The fourth-order valence-corrected chi connectivity index (χ4v) is 2.90. The standard InChI is InChI=1S/C17H26FN3O2/c1-2-9-21-10-7-13(8-11-21)20-17(23)19-12-16(22)14-5-3-4-6-15(14)18/h3-6,13,16,22H,2,7-12H2,1H3,(H2,19,20,23). The van der Waals surface area contributed by atoms with Crippen LogP contribution in [0.5, 0.6) is 0 Å². The molecule has 0 spiro atoms. The highest BCUT2D eigenvalue weighted by Gasteiger charge is 2.20. The first-order valence-electron chi connectivity index (χ1n) is 8.29. The molecule has 128 valence electrons. The molecule has 1 saturated heterocycles. The van der Waals surface area contributed by atoms with Crippen molar-refractivity contribution < 1.29 is 14.3 Å². The van der Waals surface area contributed by atoms with Crippen molar-refractivity contribution in [2.45, 2.75) is 38.3 Å². The molecule has 1 aromatic carbocycles. The van der Waals surface area contributed by atoms with Gasteiger partial charge in [0.05, 0.1) is 6.10 Å². The minimum atomic E-state index is -1.05. The fourth-order valence-electron chi connectivity index (χ4n) is 2.90. The number of piperidine rings is 1. The number of hydrogen-bond donors (Lipinski definition) is 3. The minimum absolute atomic E-state index is 0.0125. The highest BCUT2D eigenvalue weighted by molar-refractivity contribution is 5.74. The molecule has 23 heavy (non-hydrogen) atoms. The van der Waals surface area contributed by atoms with Crippen LogP contribution in [0.3, 0.4) is 0 Å². The number of nitrogens with zero attached hydrogens (tertiary/aromatic N) is 1. The molecular formula is C17H26FN3O2. The van der Waals surface area contributed by atoms with Gasteiger partial charge >= 0.3 is 6.03 Å². The van der Waals surface area contributed by atoms with Gasteiger partial charge in [0.1, 0.15) is 5.82 Å². The van der Waals surface area contributed by atoms with E-state index in [0.29, 0.717) is 0 Å². The summed E-state index contributed by atoms with van der Waals surface area (Å²) in [6.45, 7) is 5.25. The molecule has 0 bridgehead atoms. The van der Waals surface area contributed by atoms with Crippen LogP contribution >= 0.6 is 0 Å². The van der Waals surface area contributed by atoms with E-state index in [9.17, 15) is 14.3 Å². The second-order valence-corrected chi connectivity index (χ2v) is 6.01. The number of halogens is 1. The predicted molar refractivity (Wildman–Crippen MR) is 87.6 cm³/mol. The number of aliphatic hydroxyl groups is 1. The molecule has 0 aliphatic carbocycles. The lowest BCUT2D eigenvalue weighted by Crippen LogP contribution is -2.48. The van der Waals surface area contributed by atoms with Crippen LogP contribution < -0.4 is 10.6 Å². The van der Waals surface area contributed by atoms with E-state index in [1.165, 1.54) is 12.1 Å². The zero-order valence-electron chi connectivity index (χ0n) is 13.6. The van der Waals surface area contributed by atoms with Crippen LogP contribution in [0.15, 0.2) is 24.3 Å². The largest absolute Gasteiger partial charge is 0.386 e. The smallest absolute Gasteiger partial charge is 0.315 e. The van der Waals surface area contributed by atoms with Gasteiger partial charge in [-0.3, -0.25) is 0 Å². The molecule has 1 aliphatic rings. The highest BCUT2D eigenvalue weighted by atomic mass is 19.1. The van der Waals surface area contributed by atoms with Crippen LogP contribution in [0, 0.1) is 5.82 Å². The Hall–Kier alpha value is -1.66. The Morgan fingerprint density at radius 3 is 2.74 bits per heavy atom. The van der Waals surface area contributed by atoms with Crippen molar-refractivity contribution in [3.63, 3.8) is 0 Å². The molecule has 6 heteroatoms. The number of aliphatic hydroxyl groups excluding tert-OH is 1. The average molecular weight is 323 g/mol. The number of carbonyl (C=O) groups is 1. The molecular weight excluding hydrogens is 297 g/mol. The van der Waals surface area contributed by atoms with E-state index in [2.05, 4.69) is 22.5 Å².